The summed E-state index contributed by atoms with van der Waals surface area (Å²) in [5.41, 5.74) is 8.21. The van der Waals surface area contributed by atoms with Gasteiger partial charge in [0, 0.05) is 12.1 Å². The number of nitrogens with one attached hydrogen (secondary N) is 1. The maximum atomic E-state index is 11.0. The average Bonchev–Trinajstić information content (AvgIpc) is 2.30. The van der Waals surface area contributed by atoms with Crippen molar-refractivity contribution in [2.24, 2.45) is 5.73 Å². The molecule has 1 aliphatic rings. The van der Waals surface area contributed by atoms with Gasteiger partial charge < -0.3 is 11.1 Å². The van der Waals surface area contributed by atoms with Gasteiger partial charge in [0.05, 0.1) is 0 Å². The van der Waals surface area contributed by atoms with Crippen molar-refractivity contribution < 1.29 is 4.79 Å². The number of primary amides is 1. The quantitative estimate of drug-likeness (QED) is 0.822. The van der Waals surface area contributed by atoms with E-state index in [1.807, 2.05) is 18.2 Å². The van der Waals surface area contributed by atoms with E-state index in [1.165, 1.54) is 5.57 Å². The molecule has 16 heavy (non-hydrogen) atoms. The summed E-state index contributed by atoms with van der Waals surface area (Å²) in [7, 11) is 0. The zero-order valence-corrected chi connectivity index (χ0v) is 9.72. The summed E-state index contributed by atoms with van der Waals surface area (Å²) >= 11 is 0. The van der Waals surface area contributed by atoms with Crippen molar-refractivity contribution in [3.05, 3.63) is 41.5 Å². The van der Waals surface area contributed by atoms with Gasteiger partial charge in [0.15, 0.2) is 0 Å². The molecule has 0 unspecified atom stereocenters. The third-order valence-corrected chi connectivity index (χ3v) is 2.58. The van der Waals surface area contributed by atoms with Crippen LogP contribution in [0, 0.1) is 0 Å². The van der Waals surface area contributed by atoms with Crippen LogP contribution in [0.4, 0.5) is 0 Å². The lowest BCUT2D eigenvalue weighted by atomic mass is 9.98. The van der Waals surface area contributed by atoms with Gasteiger partial charge in [-0.2, -0.15) is 0 Å². The van der Waals surface area contributed by atoms with Crippen molar-refractivity contribution in [1.29, 1.82) is 0 Å². The smallest absolute Gasteiger partial charge is 0.248 e. The Labute approximate surface area is 101 Å². The first-order chi connectivity index (χ1) is 7.27. The first kappa shape index (κ1) is 12.7. The molecule has 0 spiro atoms. The number of carbonyl (C=O) groups is 1. The lowest BCUT2D eigenvalue weighted by molar-refractivity contribution is 0.100. The SMILES string of the molecule is Cl.NC(=O)c1cccc(C2=CCNCC2)c1. The van der Waals surface area contributed by atoms with E-state index in [1.54, 1.807) is 6.07 Å². The van der Waals surface area contributed by atoms with Gasteiger partial charge in [0.1, 0.15) is 0 Å². The van der Waals surface area contributed by atoms with Gasteiger partial charge in [0.2, 0.25) is 5.91 Å². The Morgan fingerprint density at radius 2 is 2.19 bits per heavy atom. The maximum absolute atomic E-state index is 11.0. The minimum atomic E-state index is -0.369. The van der Waals surface area contributed by atoms with Crippen LogP contribution in [-0.4, -0.2) is 19.0 Å². The van der Waals surface area contributed by atoms with Crippen molar-refractivity contribution in [2.75, 3.05) is 13.1 Å². The minimum Gasteiger partial charge on any atom is -0.366 e. The lowest BCUT2D eigenvalue weighted by Crippen LogP contribution is -2.20. The molecule has 0 bridgehead atoms. The van der Waals surface area contributed by atoms with E-state index < -0.39 is 0 Å². The van der Waals surface area contributed by atoms with Crippen molar-refractivity contribution in [1.82, 2.24) is 5.32 Å². The maximum Gasteiger partial charge on any atom is 0.248 e. The van der Waals surface area contributed by atoms with Crippen LogP contribution in [0.5, 0.6) is 0 Å². The molecule has 0 atom stereocenters. The second-order valence-corrected chi connectivity index (χ2v) is 3.63. The number of carbonyl (C=O) groups excluding carboxylic acids is 1. The van der Waals surface area contributed by atoms with Gasteiger partial charge in [-0.25, -0.2) is 0 Å². The summed E-state index contributed by atoms with van der Waals surface area (Å²) in [6, 6.07) is 7.49. The number of hydrogen-bond acceptors (Lipinski definition) is 2. The monoisotopic (exact) mass is 238 g/mol. The number of hydrogen-bond donors (Lipinski definition) is 2. The Bertz CT molecular complexity index is 415. The fourth-order valence-corrected chi connectivity index (χ4v) is 1.76. The third-order valence-electron chi connectivity index (χ3n) is 2.58. The van der Waals surface area contributed by atoms with Crippen LogP contribution in [0.3, 0.4) is 0 Å². The molecular formula is C12H15ClN2O. The highest BCUT2D eigenvalue weighted by Crippen LogP contribution is 2.20. The number of halogens is 1. The minimum absolute atomic E-state index is 0. The predicted molar refractivity (Wildman–Crippen MR) is 67.7 cm³/mol. The second kappa shape index (κ2) is 5.68. The molecular weight excluding hydrogens is 224 g/mol. The summed E-state index contributed by atoms with van der Waals surface area (Å²) in [4.78, 5) is 11.0. The molecule has 0 aliphatic carbocycles. The van der Waals surface area contributed by atoms with Crippen LogP contribution in [0.2, 0.25) is 0 Å². The molecule has 0 saturated heterocycles. The highest BCUT2D eigenvalue weighted by Gasteiger charge is 2.07. The van der Waals surface area contributed by atoms with E-state index in [9.17, 15) is 4.79 Å². The third kappa shape index (κ3) is 2.84. The van der Waals surface area contributed by atoms with Crippen LogP contribution >= 0.6 is 12.4 Å². The van der Waals surface area contributed by atoms with E-state index in [4.69, 9.17) is 5.73 Å². The summed E-state index contributed by atoms with van der Waals surface area (Å²) in [5, 5.41) is 3.25. The fourth-order valence-electron chi connectivity index (χ4n) is 1.76. The Kier molecular flexibility index (Phi) is 4.52. The van der Waals surface area contributed by atoms with Gasteiger partial charge in [-0.05, 0) is 36.2 Å². The molecule has 0 aromatic heterocycles. The van der Waals surface area contributed by atoms with Gasteiger partial charge in [-0.1, -0.05) is 18.2 Å². The molecule has 4 heteroatoms. The largest absolute Gasteiger partial charge is 0.366 e. The Hall–Kier alpha value is -1.32. The van der Waals surface area contributed by atoms with Gasteiger partial charge in [-0.3, -0.25) is 4.79 Å². The van der Waals surface area contributed by atoms with E-state index in [0.29, 0.717) is 5.56 Å². The molecule has 1 aliphatic heterocycles. The van der Waals surface area contributed by atoms with Crippen molar-refractivity contribution in [3.63, 3.8) is 0 Å². The van der Waals surface area contributed by atoms with Crippen molar-refractivity contribution >= 4 is 23.9 Å². The summed E-state index contributed by atoms with van der Waals surface area (Å²) in [5.74, 6) is -0.369. The number of benzene rings is 1. The molecule has 0 radical (unpaired) electrons. The van der Waals surface area contributed by atoms with Gasteiger partial charge in [0.25, 0.3) is 0 Å². The fraction of sp³-hybridized carbons (Fsp3) is 0.250. The zero-order valence-electron chi connectivity index (χ0n) is 8.90. The van der Waals surface area contributed by atoms with E-state index in [0.717, 1.165) is 25.1 Å². The summed E-state index contributed by atoms with van der Waals surface area (Å²) < 4.78 is 0. The van der Waals surface area contributed by atoms with Crippen LogP contribution in [0.15, 0.2) is 30.3 Å². The highest BCUT2D eigenvalue weighted by atomic mass is 35.5. The Morgan fingerprint density at radius 3 is 2.81 bits per heavy atom. The van der Waals surface area contributed by atoms with Crippen molar-refractivity contribution in [3.8, 4) is 0 Å². The molecule has 1 aromatic carbocycles. The Balaban J connectivity index is 0.00000128. The number of rotatable bonds is 2. The van der Waals surface area contributed by atoms with Crippen LogP contribution < -0.4 is 11.1 Å². The van der Waals surface area contributed by atoms with E-state index >= 15 is 0 Å². The standard InChI is InChI=1S/C12H14N2O.ClH/c13-12(15)11-3-1-2-10(8-11)9-4-6-14-7-5-9;/h1-4,8,14H,5-7H2,(H2,13,15);1H. The molecule has 0 fully saturated rings. The number of amides is 1. The topological polar surface area (TPSA) is 55.1 Å². The van der Waals surface area contributed by atoms with E-state index in [2.05, 4.69) is 11.4 Å². The molecule has 86 valence electrons. The second-order valence-electron chi connectivity index (χ2n) is 3.63. The van der Waals surface area contributed by atoms with Crippen LogP contribution in [-0.2, 0) is 0 Å². The normalized spacial score (nSPS) is 14.9. The van der Waals surface area contributed by atoms with Crippen LogP contribution in [0.1, 0.15) is 22.3 Å². The molecule has 2 rings (SSSR count). The molecule has 3 nitrogen and oxygen atoms in total. The molecule has 0 saturated carbocycles. The molecule has 1 amide bonds. The number of nitrogens with two attached hydrogens (primary N) is 1. The van der Waals surface area contributed by atoms with Gasteiger partial charge >= 0.3 is 0 Å². The average molecular weight is 239 g/mol. The first-order valence-corrected chi connectivity index (χ1v) is 5.07. The Morgan fingerprint density at radius 1 is 1.38 bits per heavy atom. The predicted octanol–water partition coefficient (Wildman–Crippen LogP) is 1.58. The highest BCUT2D eigenvalue weighted by molar-refractivity contribution is 5.93. The van der Waals surface area contributed by atoms with Crippen molar-refractivity contribution in [2.45, 2.75) is 6.42 Å². The zero-order chi connectivity index (χ0) is 10.7. The summed E-state index contributed by atoms with van der Waals surface area (Å²) in [6.07, 6.45) is 3.16. The lowest BCUT2D eigenvalue weighted by Gasteiger charge is -2.14. The molecule has 1 aromatic rings. The van der Waals surface area contributed by atoms with E-state index in [-0.39, 0.29) is 18.3 Å². The first-order valence-electron chi connectivity index (χ1n) is 5.07. The molecule has 1 heterocycles. The van der Waals surface area contributed by atoms with Crippen LogP contribution in [0.25, 0.3) is 5.57 Å². The summed E-state index contributed by atoms with van der Waals surface area (Å²) in [6.45, 7) is 1.89. The van der Waals surface area contributed by atoms with Gasteiger partial charge in [-0.15, -0.1) is 12.4 Å². The molecule has 3 N–H and O–H groups in total.